The quantitative estimate of drug-likeness (QED) is 0.356. The largest absolute Gasteiger partial charge is 0.497 e. The monoisotopic (exact) mass is 434 g/mol. The van der Waals surface area contributed by atoms with Crippen LogP contribution in [0.25, 0.3) is 11.4 Å². The van der Waals surface area contributed by atoms with Gasteiger partial charge in [-0.2, -0.15) is 4.98 Å². The summed E-state index contributed by atoms with van der Waals surface area (Å²) in [6.45, 7) is -0.0874. The molecule has 0 aliphatic carbocycles. The Hall–Kier alpha value is -2.71. The minimum atomic E-state index is -0.340. The molecule has 29 heavy (non-hydrogen) atoms. The Bertz CT molecular complexity index is 962. The maximum absolute atomic E-state index is 11.9. The third-order valence-electron chi connectivity index (χ3n) is 3.86. The van der Waals surface area contributed by atoms with E-state index in [1.165, 1.54) is 0 Å². The number of rotatable bonds is 9. The van der Waals surface area contributed by atoms with Gasteiger partial charge in [-0.25, -0.2) is 0 Å². The van der Waals surface area contributed by atoms with Crippen molar-refractivity contribution in [3.05, 3.63) is 53.4 Å². The molecule has 0 saturated carbocycles. The number of methoxy groups -OCH3 is 2. The van der Waals surface area contributed by atoms with E-state index in [9.17, 15) is 4.79 Å². The molecule has 0 saturated heterocycles. The number of carbonyl (C=O) groups excluding carboxylic acids is 1. The molecule has 0 amide bonds. The number of carbonyl (C=O) groups is 1. The van der Waals surface area contributed by atoms with Crippen molar-refractivity contribution in [1.82, 2.24) is 10.1 Å². The Morgan fingerprint density at radius 1 is 1.14 bits per heavy atom. The fourth-order valence-corrected chi connectivity index (χ4v) is 3.36. The van der Waals surface area contributed by atoms with Gasteiger partial charge in [-0.1, -0.05) is 16.8 Å². The lowest BCUT2D eigenvalue weighted by Crippen LogP contribution is -2.05. The first-order valence-corrected chi connectivity index (χ1v) is 10.0. The molecule has 1 heterocycles. The highest BCUT2D eigenvalue weighted by atomic mass is 35.5. The highest BCUT2D eigenvalue weighted by molar-refractivity contribution is 7.99. The van der Waals surface area contributed by atoms with Crippen molar-refractivity contribution >= 4 is 29.3 Å². The van der Waals surface area contributed by atoms with Gasteiger partial charge >= 0.3 is 5.97 Å². The van der Waals surface area contributed by atoms with E-state index in [2.05, 4.69) is 10.1 Å². The second kappa shape index (κ2) is 10.2. The highest BCUT2D eigenvalue weighted by Crippen LogP contribution is 2.31. The molecule has 0 radical (unpaired) electrons. The predicted octanol–water partition coefficient (Wildman–Crippen LogP) is 4.63. The molecule has 3 aromatic rings. The lowest BCUT2D eigenvalue weighted by molar-refractivity contribution is -0.145. The first-order chi connectivity index (χ1) is 14.1. The summed E-state index contributed by atoms with van der Waals surface area (Å²) in [5.74, 6) is 2.00. The first kappa shape index (κ1) is 21.0. The number of nitrogens with zero attached hydrogens (tertiary/aromatic N) is 2. The van der Waals surface area contributed by atoms with Crippen LogP contribution in [-0.2, 0) is 16.1 Å². The average molecular weight is 435 g/mol. The predicted molar refractivity (Wildman–Crippen MR) is 109 cm³/mol. The van der Waals surface area contributed by atoms with Crippen molar-refractivity contribution in [2.45, 2.75) is 17.9 Å². The van der Waals surface area contributed by atoms with Crippen LogP contribution in [-0.4, -0.2) is 36.1 Å². The number of hydrogen-bond donors (Lipinski definition) is 0. The zero-order chi connectivity index (χ0) is 20.6. The molecule has 0 spiro atoms. The van der Waals surface area contributed by atoms with Gasteiger partial charge in [-0.15, -0.1) is 11.8 Å². The summed E-state index contributed by atoms with van der Waals surface area (Å²) in [5.41, 5.74) is 0.647. The average Bonchev–Trinajstić information content (AvgIpc) is 3.22. The Balaban J connectivity index is 1.50. The van der Waals surface area contributed by atoms with Crippen LogP contribution in [0.3, 0.4) is 0 Å². The van der Waals surface area contributed by atoms with Gasteiger partial charge in [0.25, 0.3) is 5.89 Å². The van der Waals surface area contributed by atoms with Gasteiger partial charge in [-0.3, -0.25) is 4.79 Å². The molecular weight excluding hydrogens is 416 g/mol. The molecule has 0 aliphatic heterocycles. The highest BCUT2D eigenvalue weighted by Gasteiger charge is 2.15. The Labute approximate surface area is 177 Å². The van der Waals surface area contributed by atoms with E-state index in [-0.39, 0.29) is 24.9 Å². The minimum absolute atomic E-state index is 0.0874. The smallest absolute Gasteiger partial charge is 0.307 e. The number of hydrogen-bond acceptors (Lipinski definition) is 8. The van der Waals surface area contributed by atoms with Gasteiger partial charge in [0.15, 0.2) is 6.61 Å². The van der Waals surface area contributed by atoms with E-state index in [0.29, 0.717) is 33.7 Å². The molecular formula is C20H19ClN2O5S. The van der Waals surface area contributed by atoms with Crippen LogP contribution in [0.2, 0.25) is 5.02 Å². The van der Waals surface area contributed by atoms with E-state index < -0.39 is 0 Å². The number of esters is 1. The summed E-state index contributed by atoms with van der Waals surface area (Å²) in [6.07, 6.45) is 0.264. The van der Waals surface area contributed by atoms with Crippen LogP contribution in [0.1, 0.15) is 12.3 Å². The summed E-state index contributed by atoms with van der Waals surface area (Å²) < 4.78 is 20.9. The molecule has 0 bridgehead atoms. The van der Waals surface area contributed by atoms with Crippen molar-refractivity contribution in [1.29, 1.82) is 0 Å². The number of aromatic nitrogens is 2. The third-order valence-corrected chi connectivity index (χ3v) is 5.13. The van der Waals surface area contributed by atoms with Gasteiger partial charge in [0.05, 0.1) is 26.2 Å². The van der Waals surface area contributed by atoms with Gasteiger partial charge in [0.1, 0.15) is 11.5 Å². The second-order valence-electron chi connectivity index (χ2n) is 5.79. The van der Waals surface area contributed by atoms with E-state index in [0.717, 1.165) is 4.90 Å². The van der Waals surface area contributed by atoms with Crippen molar-refractivity contribution in [2.24, 2.45) is 0 Å². The summed E-state index contributed by atoms with van der Waals surface area (Å²) >= 11 is 7.40. The van der Waals surface area contributed by atoms with E-state index in [1.807, 2.05) is 24.3 Å². The molecule has 1 aromatic heterocycles. The maximum atomic E-state index is 11.9. The Morgan fingerprint density at radius 3 is 2.66 bits per heavy atom. The van der Waals surface area contributed by atoms with Crippen LogP contribution in [0.5, 0.6) is 11.5 Å². The van der Waals surface area contributed by atoms with Crippen molar-refractivity contribution in [3.63, 3.8) is 0 Å². The van der Waals surface area contributed by atoms with Crippen LogP contribution >= 0.6 is 23.4 Å². The zero-order valence-corrected chi connectivity index (χ0v) is 17.5. The van der Waals surface area contributed by atoms with Gasteiger partial charge in [0.2, 0.25) is 5.82 Å². The number of benzene rings is 2. The summed E-state index contributed by atoms with van der Waals surface area (Å²) in [4.78, 5) is 17.2. The number of ether oxygens (including phenoxy) is 3. The van der Waals surface area contributed by atoms with Crippen LogP contribution in [0.15, 0.2) is 51.9 Å². The molecule has 9 heteroatoms. The molecule has 7 nitrogen and oxygen atoms in total. The lowest BCUT2D eigenvalue weighted by atomic mass is 10.2. The fraction of sp³-hybridized carbons (Fsp3) is 0.250. The SMILES string of the molecule is COc1ccc(-c2noc(COC(=O)CCSc3ccc(Cl)cc3)n2)c(OC)c1. The van der Waals surface area contributed by atoms with Gasteiger partial charge < -0.3 is 18.7 Å². The van der Waals surface area contributed by atoms with E-state index in [1.54, 1.807) is 44.2 Å². The van der Waals surface area contributed by atoms with Crippen LogP contribution < -0.4 is 9.47 Å². The standard InChI is InChI=1S/C20H19ClN2O5S/c1-25-14-5-8-16(17(11-14)26-2)20-22-18(28-23-20)12-27-19(24)9-10-29-15-6-3-13(21)4-7-15/h3-8,11H,9-10,12H2,1-2H3. The summed E-state index contributed by atoms with van der Waals surface area (Å²) in [7, 11) is 3.12. The molecule has 0 unspecified atom stereocenters. The number of halogens is 1. The lowest BCUT2D eigenvalue weighted by Gasteiger charge is -2.07. The van der Waals surface area contributed by atoms with E-state index in [4.69, 9.17) is 30.3 Å². The third kappa shape index (κ3) is 5.88. The molecule has 0 atom stereocenters. The van der Waals surface area contributed by atoms with Gasteiger partial charge in [0, 0.05) is 21.7 Å². The van der Waals surface area contributed by atoms with Gasteiger partial charge in [-0.05, 0) is 36.4 Å². The first-order valence-electron chi connectivity index (χ1n) is 8.68. The summed E-state index contributed by atoms with van der Waals surface area (Å²) in [6, 6.07) is 12.7. The van der Waals surface area contributed by atoms with Crippen LogP contribution in [0, 0.1) is 0 Å². The Kier molecular flexibility index (Phi) is 7.37. The van der Waals surface area contributed by atoms with E-state index >= 15 is 0 Å². The Morgan fingerprint density at radius 2 is 1.93 bits per heavy atom. The molecule has 0 N–H and O–H groups in total. The summed E-state index contributed by atoms with van der Waals surface area (Å²) in [5, 5.41) is 4.60. The maximum Gasteiger partial charge on any atom is 0.307 e. The second-order valence-corrected chi connectivity index (χ2v) is 7.40. The van der Waals surface area contributed by atoms with Crippen molar-refractivity contribution in [2.75, 3.05) is 20.0 Å². The molecule has 0 aliphatic rings. The normalized spacial score (nSPS) is 10.6. The number of thioether (sulfide) groups is 1. The zero-order valence-electron chi connectivity index (χ0n) is 15.9. The molecule has 152 valence electrons. The molecule has 2 aromatic carbocycles. The molecule has 0 fully saturated rings. The molecule has 3 rings (SSSR count). The minimum Gasteiger partial charge on any atom is -0.497 e. The fourth-order valence-electron chi connectivity index (χ4n) is 2.40. The van der Waals surface area contributed by atoms with Crippen molar-refractivity contribution in [3.8, 4) is 22.9 Å². The topological polar surface area (TPSA) is 83.7 Å². The van der Waals surface area contributed by atoms with Crippen LogP contribution in [0.4, 0.5) is 0 Å². The van der Waals surface area contributed by atoms with Crippen molar-refractivity contribution < 1.29 is 23.5 Å².